The third-order valence-corrected chi connectivity index (χ3v) is 3.32. The number of rotatable bonds is 4. The Morgan fingerprint density at radius 1 is 1.56 bits per heavy atom. The summed E-state index contributed by atoms with van der Waals surface area (Å²) in [6.07, 6.45) is 2.92. The van der Waals surface area contributed by atoms with Crippen LogP contribution in [0, 0.1) is 5.41 Å². The zero-order valence-electron chi connectivity index (χ0n) is 10.3. The van der Waals surface area contributed by atoms with Crippen molar-refractivity contribution >= 4 is 21.8 Å². The van der Waals surface area contributed by atoms with Gasteiger partial charge in [-0.3, -0.25) is 4.79 Å². The number of hydrogen-bond acceptors (Lipinski definition) is 1. The molecule has 0 saturated carbocycles. The lowest BCUT2D eigenvalue weighted by Gasteiger charge is -2.22. The summed E-state index contributed by atoms with van der Waals surface area (Å²) < 4.78 is 2.74. The highest BCUT2D eigenvalue weighted by Gasteiger charge is 2.18. The maximum absolute atomic E-state index is 11.9. The number of hydrogen-bond donors (Lipinski definition) is 1. The van der Waals surface area contributed by atoms with E-state index < -0.39 is 0 Å². The van der Waals surface area contributed by atoms with Crippen LogP contribution in [0.25, 0.3) is 0 Å². The van der Waals surface area contributed by atoms with E-state index in [-0.39, 0.29) is 11.3 Å². The maximum Gasteiger partial charge on any atom is 0.267 e. The van der Waals surface area contributed by atoms with Gasteiger partial charge in [-0.25, -0.2) is 0 Å². The molecule has 0 aliphatic heterocycles. The van der Waals surface area contributed by atoms with Crippen molar-refractivity contribution in [1.29, 1.82) is 0 Å². The van der Waals surface area contributed by atoms with Crippen LogP contribution < -0.4 is 5.32 Å². The smallest absolute Gasteiger partial charge is 0.267 e. The van der Waals surface area contributed by atoms with E-state index in [0.717, 1.165) is 10.9 Å². The first-order valence-electron chi connectivity index (χ1n) is 5.46. The Hall–Kier alpha value is -0.770. The van der Waals surface area contributed by atoms with E-state index in [1.54, 1.807) is 0 Å². The first-order chi connectivity index (χ1) is 7.35. The lowest BCUT2D eigenvalue weighted by molar-refractivity contribution is 0.0927. The Morgan fingerprint density at radius 3 is 2.62 bits per heavy atom. The summed E-state index contributed by atoms with van der Waals surface area (Å²) in [5.74, 6) is -0.0188. The van der Waals surface area contributed by atoms with Crippen molar-refractivity contribution in [3.05, 3.63) is 22.4 Å². The number of amides is 1. The van der Waals surface area contributed by atoms with Gasteiger partial charge in [-0.1, -0.05) is 20.8 Å². The van der Waals surface area contributed by atoms with Gasteiger partial charge in [-0.05, 0) is 33.8 Å². The second-order valence-corrected chi connectivity index (χ2v) is 5.77. The molecule has 1 aromatic heterocycles. The topological polar surface area (TPSA) is 34.0 Å². The number of halogens is 1. The van der Waals surface area contributed by atoms with Crippen molar-refractivity contribution in [3.8, 4) is 0 Å². The Kier molecular flexibility index (Phi) is 4.19. The summed E-state index contributed by atoms with van der Waals surface area (Å²) in [6.45, 7) is 7.12. The van der Waals surface area contributed by atoms with Crippen LogP contribution in [-0.2, 0) is 7.05 Å². The van der Waals surface area contributed by atoms with Gasteiger partial charge >= 0.3 is 0 Å². The van der Waals surface area contributed by atoms with Gasteiger partial charge in [0, 0.05) is 24.3 Å². The van der Waals surface area contributed by atoms with Gasteiger partial charge in [0.05, 0.1) is 0 Å². The average Bonchev–Trinajstić information content (AvgIpc) is 2.54. The molecule has 0 aliphatic carbocycles. The number of carbonyl (C=O) groups excluding carboxylic acids is 1. The molecule has 1 N–H and O–H groups in total. The lowest BCUT2D eigenvalue weighted by atomic mass is 9.90. The van der Waals surface area contributed by atoms with Crippen LogP contribution in [-0.4, -0.2) is 17.0 Å². The third-order valence-electron chi connectivity index (χ3n) is 2.89. The van der Waals surface area contributed by atoms with E-state index in [1.165, 1.54) is 0 Å². The largest absolute Gasteiger partial charge is 0.350 e. The number of aromatic nitrogens is 1. The SMILES string of the molecule is CCC(C)(C)CNC(=O)c1cc(Br)cn1C. The summed E-state index contributed by atoms with van der Waals surface area (Å²) in [7, 11) is 1.87. The van der Waals surface area contributed by atoms with Gasteiger partial charge < -0.3 is 9.88 Å². The van der Waals surface area contributed by atoms with Crippen molar-refractivity contribution in [3.63, 3.8) is 0 Å². The monoisotopic (exact) mass is 286 g/mol. The molecular formula is C12H19BrN2O. The molecule has 1 heterocycles. The van der Waals surface area contributed by atoms with E-state index in [9.17, 15) is 4.79 Å². The van der Waals surface area contributed by atoms with E-state index >= 15 is 0 Å². The predicted octanol–water partition coefficient (Wildman–Crippen LogP) is 2.95. The summed E-state index contributed by atoms with van der Waals surface area (Å²) in [5, 5.41) is 2.96. The van der Waals surface area contributed by atoms with Gasteiger partial charge in [0.1, 0.15) is 5.69 Å². The van der Waals surface area contributed by atoms with Crippen molar-refractivity contribution in [2.75, 3.05) is 6.54 Å². The molecule has 0 spiro atoms. The van der Waals surface area contributed by atoms with Crippen molar-refractivity contribution in [2.45, 2.75) is 27.2 Å². The summed E-state index contributed by atoms with van der Waals surface area (Å²) in [5.41, 5.74) is 0.830. The second-order valence-electron chi connectivity index (χ2n) is 4.85. The summed E-state index contributed by atoms with van der Waals surface area (Å²) in [6, 6.07) is 1.83. The number of aryl methyl sites for hydroxylation is 1. The second kappa shape index (κ2) is 5.04. The van der Waals surface area contributed by atoms with E-state index in [0.29, 0.717) is 12.2 Å². The Balaban J connectivity index is 2.63. The lowest BCUT2D eigenvalue weighted by Crippen LogP contribution is -2.34. The Morgan fingerprint density at radius 2 is 2.19 bits per heavy atom. The van der Waals surface area contributed by atoms with Crippen LogP contribution in [0.3, 0.4) is 0 Å². The van der Waals surface area contributed by atoms with Crippen LogP contribution in [0.1, 0.15) is 37.7 Å². The Labute approximate surface area is 105 Å². The minimum atomic E-state index is -0.0188. The van der Waals surface area contributed by atoms with Crippen LogP contribution >= 0.6 is 15.9 Å². The third kappa shape index (κ3) is 3.37. The standard InChI is InChI=1S/C12H19BrN2O/c1-5-12(2,3)8-14-11(16)10-6-9(13)7-15(10)4/h6-7H,5,8H2,1-4H3,(H,14,16). The molecule has 1 rings (SSSR count). The van der Waals surface area contributed by atoms with Gasteiger partial charge in [0.15, 0.2) is 0 Å². The molecule has 0 saturated heterocycles. The van der Waals surface area contributed by atoms with E-state index in [4.69, 9.17) is 0 Å². The molecule has 0 bridgehead atoms. The quantitative estimate of drug-likeness (QED) is 0.907. The molecule has 0 aliphatic rings. The predicted molar refractivity (Wildman–Crippen MR) is 69.5 cm³/mol. The van der Waals surface area contributed by atoms with Gasteiger partial charge in [0.25, 0.3) is 5.91 Å². The molecule has 0 unspecified atom stereocenters. The van der Waals surface area contributed by atoms with Crippen LogP contribution in [0.5, 0.6) is 0 Å². The molecule has 4 heteroatoms. The highest BCUT2D eigenvalue weighted by atomic mass is 79.9. The molecule has 0 aromatic carbocycles. The van der Waals surface area contributed by atoms with Gasteiger partial charge in [-0.15, -0.1) is 0 Å². The number of nitrogens with one attached hydrogen (secondary N) is 1. The number of carbonyl (C=O) groups is 1. The molecular weight excluding hydrogens is 268 g/mol. The molecule has 90 valence electrons. The first-order valence-corrected chi connectivity index (χ1v) is 6.25. The normalized spacial score (nSPS) is 11.6. The maximum atomic E-state index is 11.9. The van der Waals surface area contributed by atoms with Crippen LogP contribution in [0.2, 0.25) is 0 Å². The minimum absolute atomic E-state index is 0.0188. The highest BCUT2D eigenvalue weighted by molar-refractivity contribution is 9.10. The molecule has 0 radical (unpaired) electrons. The zero-order valence-corrected chi connectivity index (χ0v) is 11.9. The van der Waals surface area contributed by atoms with Crippen molar-refractivity contribution in [1.82, 2.24) is 9.88 Å². The van der Waals surface area contributed by atoms with Crippen molar-refractivity contribution < 1.29 is 4.79 Å². The summed E-state index contributed by atoms with van der Waals surface area (Å²) >= 11 is 3.35. The molecule has 0 fully saturated rings. The highest BCUT2D eigenvalue weighted by Crippen LogP contribution is 2.18. The van der Waals surface area contributed by atoms with Crippen LogP contribution in [0.15, 0.2) is 16.7 Å². The van der Waals surface area contributed by atoms with Crippen LogP contribution in [0.4, 0.5) is 0 Å². The molecule has 1 aromatic rings. The molecule has 0 atom stereocenters. The fourth-order valence-electron chi connectivity index (χ4n) is 1.29. The van der Waals surface area contributed by atoms with Crippen molar-refractivity contribution in [2.24, 2.45) is 12.5 Å². The molecule has 16 heavy (non-hydrogen) atoms. The van der Waals surface area contributed by atoms with Gasteiger partial charge in [0.2, 0.25) is 0 Å². The van der Waals surface area contributed by atoms with Gasteiger partial charge in [-0.2, -0.15) is 0 Å². The average molecular weight is 287 g/mol. The zero-order chi connectivity index (χ0) is 12.3. The summed E-state index contributed by atoms with van der Waals surface area (Å²) in [4.78, 5) is 11.9. The fraction of sp³-hybridized carbons (Fsp3) is 0.583. The molecule has 1 amide bonds. The molecule has 3 nitrogen and oxygen atoms in total. The first kappa shape index (κ1) is 13.3. The van der Waals surface area contributed by atoms with E-state index in [2.05, 4.69) is 42.0 Å². The Bertz CT molecular complexity index is 382. The minimum Gasteiger partial charge on any atom is -0.350 e. The van der Waals surface area contributed by atoms with E-state index in [1.807, 2.05) is 23.9 Å². The fourth-order valence-corrected chi connectivity index (χ4v) is 1.81. The number of nitrogens with zero attached hydrogens (tertiary/aromatic N) is 1.